The van der Waals surface area contributed by atoms with Crippen LogP contribution in [0.25, 0.3) is 0 Å². The van der Waals surface area contributed by atoms with Gasteiger partial charge in [0, 0.05) is 13.1 Å². The minimum Gasteiger partial charge on any atom is -0.354 e. The highest BCUT2D eigenvalue weighted by atomic mass is 32.2. The minimum absolute atomic E-state index is 0.0921. The van der Waals surface area contributed by atoms with Crippen LogP contribution in [-0.4, -0.2) is 44.3 Å². The van der Waals surface area contributed by atoms with Crippen LogP contribution in [0.15, 0.2) is 77.7 Å². The zero-order valence-corrected chi connectivity index (χ0v) is 24.5. The Kier molecular flexibility index (Phi) is 9.92. The number of nitrogens with zero attached hydrogens (tertiary/aromatic N) is 2. The molecule has 0 heterocycles. The number of carbonyl (C=O) groups excluding carboxylic acids is 2. The third-order valence-electron chi connectivity index (χ3n) is 6.50. The summed E-state index contributed by atoms with van der Waals surface area (Å²) < 4.78 is 28.8. The van der Waals surface area contributed by atoms with Gasteiger partial charge in [-0.25, -0.2) is 8.42 Å². The second-order valence-electron chi connectivity index (χ2n) is 10.5. The molecule has 1 unspecified atom stereocenters. The molecule has 39 heavy (non-hydrogen) atoms. The van der Waals surface area contributed by atoms with Gasteiger partial charge in [0.25, 0.3) is 10.0 Å². The number of rotatable bonds is 11. The van der Waals surface area contributed by atoms with E-state index in [0.717, 1.165) is 26.6 Å². The molecular formula is C31H39N3O4S. The number of hydrogen-bond donors (Lipinski definition) is 1. The smallest absolute Gasteiger partial charge is 0.264 e. The average molecular weight is 550 g/mol. The third-order valence-corrected chi connectivity index (χ3v) is 8.29. The number of amides is 2. The Labute approximate surface area is 232 Å². The highest BCUT2D eigenvalue weighted by Crippen LogP contribution is 2.25. The maximum Gasteiger partial charge on any atom is 0.264 e. The molecule has 0 saturated heterocycles. The third kappa shape index (κ3) is 7.93. The van der Waals surface area contributed by atoms with E-state index in [-0.39, 0.29) is 23.3 Å². The Bertz CT molecular complexity index is 1380. The van der Waals surface area contributed by atoms with Crippen LogP contribution in [0, 0.1) is 26.7 Å². The molecule has 7 nitrogen and oxygen atoms in total. The Morgan fingerprint density at radius 3 is 1.97 bits per heavy atom. The molecule has 0 aliphatic carbocycles. The van der Waals surface area contributed by atoms with Crippen molar-refractivity contribution >= 4 is 27.5 Å². The van der Waals surface area contributed by atoms with Gasteiger partial charge in [-0.05, 0) is 63.4 Å². The summed E-state index contributed by atoms with van der Waals surface area (Å²) in [5.41, 5.74) is 4.16. The van der Waals surface area contributed by atoms with E-state index in [1.807, 2.05) is 71.0 Å². The number of sulfonamides is 1. The van der Waals surface area contributed by atoms with Gasteiger partial charge in [0.05, 0.1) is 10.6 Å². The number of hydrogen-bond acceptors (Lipinski definition) is 4. The van der Waals surface area contributed by atoms with E-state index in [1.165, 1.54) is 4.90 Å². The lowest BCUT2D eigenvalue weighted by Gasteiger charge is -2.32. The van der Waals surface area contributed by atoms with Gasteiger partial charge < -0.3 is 10.2 Å². The predicted octanol–water partition coefficient (Wildman–Crippen LogP) is 5.00. The summed E-state index contributed by atoms with van der Waals surface area (Å²) in [6.45, 7) is 11.6. The SMILES string of the molecule is Cc1ccc(N(CC(=O)N(Cc2cccc(C)c2)C(C)C(=O)NCC(C)C)S(=O)(=O)c2ccc(C)cc2)cc1. The van der Waals surface area contributed by atoms with Crippen LogP contribution in [0.5, 0.6) is 0 Å². The van der Waals surface area contributed by atoms with Crippen LogP contribution >= 0.6 is 0 Å². The molecule has 0 saturated carbocycles. The lowest BCUT2D eigenvalue weighted by atomic mass is 10.1. The zero-order chi connectivity index (χ0) is 28.7. The van der Waals surface area contributed by atoms with E-state index in [0.29, 0.717) is 12.2 Å². The number of carbonyl (C=O) groups is 2. The quantitative estimate of drug-likeness (QED) is 0.365. The first-order chi connectivity index (χ1) is 18.4. The molecule has 0 bridgehead atoms. The van der Waals surface area contributed by atoms with Crippen molar-refractivity contribution in [3.8, 4) is 0 Å². The van der Waals surface area contributed by atoms with Crippen LogP contribution < -0.4 is 9.62 Å². The number of anilines is 1. The first-order valence-electron chi connectivity index (χ1n) is 13.2. The summed E-state index contributed by atoms with van der Waals surface area (Å²) in [5, 5.41) is 2.90. The van der Waals surface area contributed by atoms with Crippen LogP contribution in [0.3, 0.4) is 0 Å². The minimum atomic E-state index is -4.07. The summed E-state index contributed by atoms with van der Waals surface area (Å²) in [7, 11) is -4.07. The zero-order valence-electron chi connectivity index (χ0n) is 23.6. The summed E-state index contributed by atoms with van der Waals surface area (Å²) in [4.78, 5) is 28.5. The molecule has 0 aromatic heterocycles. The van der Waals surface area contributed by atoms with Crippen LogP contribution in [-0.2, 0) is 26.2 Å². The topological polar surface area (TPSA) is 86.8 Å². The van der Waals surface area contributed by atoms with Gasteiger partial charge in [-0.15, -0.1) is 0 Å². The summed E-state index contributed by atoms with van der Waals surface area (Å²) in [5.74, 6) is -0.508. The van der Waals surface area contributed by atoms with Crippen molar-refractivity contribution in [2.75, 3.05) is 17.4 Å². The maximum absolute atomic E-state index is 13.9. The first kappa shape index (κ1) is 29.9. The normalized spacial score (nSPS) is 12.2. The van der Waals surface area contributed by atoms with E-state index in [4.69, 9.17) is 0 Å². The molecule has 0 spiro atoms. The molecule has 208 valence electrons. The Morgan fingerprint density at radius 2 is 1.41 bits per heavy atom. The Balaban J connectivity index is 2.01. The largest absolute Gasteiger partial charge is 0.354 e. The highest BCUT2D eigenvalue weighted by Gasteiger charge is 2.32. The monoisotopic (exact) mass is 549 g/mol. The molecule has 3 rings (SSSR count). The fraction of sp³-hybridized carbons (Fsp3) is 0.355. The Morgan fingerprint density at radius 1 is 0.821 bits per heavy atom. The molecule has 2 amide bonds. The standard InChI is InChI=1S/C31H39N3O4S/c1-22(2)19-32-31(36)26(6)33(20-27-9-7-8-25(5)18-27)30(35)21-34(28-14-10-23(3)11-15-28)39(37,38)29-16-12-24(4)13-17-29/h7-18,22,26H,19-21H2,1-6H3,(H,32,36). The van der Waals surface area contributed by atoms with Gasteiger partial charge in [0.2, 0.25) is 11.8 Å². The molecule has 8 heteroatoms. The second-order valence-corrected chi connectivity index (χ2v) is 12.3. The molecule has 1 N–H and O–H groups in total. The predicted molar refractivity (Wildman–Crippen MR) is 156 cm³/mol. The molecule has 3 aromatic rings. The van der Waals surface area contributed by atoms with E-state index in [1.54, 1.807) is 43.3 Å². The van der Waals surface area contributed by atoms with Crippen molar-refractivity contribution in [2.24, 2.45) is 5.92 Å². The molecule has 0 fully saturated rings. The summed E-state index contributed by atoms with van der Waals surface area (Å²) in [6, 6.07) is 20.5. The molecule has 3 aromatic carbocycles. The van der Waals surface area contributed by atoms with Crippen molar-refractivity contribution < 1.29 is 18.0 Å². The molecular weight excluding hydrogens is 510 g/mol. The fourth-order valence-electron chi connectivity index (χ4n) is 4.12. The first-order valence-corrected chi connectivity index (χ1v) is 14.6. The van der Waals surface area contributed by atoms with Gasteiger partial charge in [-0.2, -0.15) is 0 Å². The van der Waals surface area contributed by atoms with Crippen molar-refractivity contribution in [3.63, 3.8) is 0 Å². The molecule has 0 aliphatic rings. The van der Waals surface area contributed by atoms with Crippen LogP contribution in [0.2, 0.25) is 0 Å². The lowest BCUT2D eigenvalue weighted by Crippen LogP contribution is -2.51. The summed E-state index contributed by atoms with van der Waals surface area (Å²) >= 11 is 0. The maximum atomic E-state index is 13.9. The van der Waals surface area contributed by atoms with Crippen molar-refractivity contribution in [2.45, 2.75) is 59.0 Å². The number of benzene rings is 3. The highest BCUT2D eigenvalue weighted by molar-refractivity contribution is 7.92. The molecule has 1 atom stereocenters. The second kappa shape index (κ2) is 12.9. The average Bonchev–Trinajstić information content (AvgIpc) is 2.89. The van der Waals surface area contributed by atoms with E-state index >= 15 is 0 Å². The van der Waals surface area contributed by atoms with Crippen molar-refractivity contribution in [1.82, 2.24) is 10.2 Å². The van der Waals surface area contributed by atoms with E-state index in [2.05, 4.69) is 5.32 Å². The van der Waals surface area contributed by atoms with Crippen molar-refractivity contribution in [1.29, 1.82) is 0 Å². The van der Waals surface area contributed by atoms with E-state index < -0.39 is 28.5 Å². The van der Waals surface area contributed by atoms with Gasteiger partial charge in [0.1, 0.15) is 12.6 Å². The van der Waals surface area contributed by atoms with Crippen LogP contribution in [0.1, 0.15) is 43.0 Å². The summed E-state index contributed by atoms with van der Waals surface area (Å²) in [6.07, 6.45) is 0. The van der Waals surface area contributed by atoms with E-state index in [9.17, 15) is 18.0 Å². The fourth-order valence-corrected chi connectivity index (χ4v) is 5.53. The van der Waals surface area contributed by atoms with Crippen molar-refractivity contribution in [3.05, 3.63) is 95.1 Å². The number of nitrogens with one attached hydrogen (secondary N) is 1. The Hall–Kier alpha value is -3.65. The van der Waals surface area contributed by atoms with Gasteiger partial charge in [0.15, 0.2) is 0 Å². The van der Waals surface area contributed by atoms with Gasteiger partial charge in [-0.3, -0.25) is 13.9 Å². The number of aryl methyl sites for hydroxylation is 3. The molecule has 0 radical (unpaired) electrons. The van der Waals surface area contributed by atoms with Gasteiger partial charge >= 0.3 is 0 Å². The van der Waals surface area contributed by atoms with Crippen LogP contribution in [0.4, 0.5) is 5.69 Å². The van der Waals surface area contributed by atoms with Gasteiger partial charge in [-0.1, -0.05) is 79.1 Å². The molecule has 0 aliphatic heterocycles. The lowest BCUT2D eigenvalue weighted by molar-refractivity contribution is -0.139.